The van der Waals surface area contributed by atoms with Crippen LogP contribution in [0.15, 0.2) is 29.3 Å². The molecule has 2 aliphatic heterocycles. The lowest BCUT2D eigenvalue weighted by atomic mass is 9.98. The number of fused-ring (bicyclic) bond motifs is 1. The number of thiocarbonyl (C=S) groups is 1. The van der Waals surface area contributed by atoms with Crippen LogP contribution in [0.1, 0.15) is 10.4 Å². The summed E-state index contributed by atoms with van der Waals surface area (Å²) in [6.45, 7) is -0.613. The normalized spacial score (nSPS) is 30.5. The summed E-state index contributed by atoms with van der Waals surface area (Å²) < 4.78 is 5.40. The molecule has 1 fully saturated rings. The van der Waals surface area contributed by atoms with Gasteiger partial charge in [-0.25, -0.2) is 10.0 Å². The largest absolute Gasteiger partial charge is 0.394 e. The number of nitrogens with two attached hydrogens (primary N) is 1. The molecule has 0 bridgehead atoms. The van der Waals surface area contributed by atoms with E-state index >= 15 is 0 Å². The van der Waals surface area contributed by atoms with Crippen molar-refractivity contribution in [2.45, 2.75) is 30.6 Å². The first-order valence-corrected chi connectivity index (χ1v) is 8.14. The zero-order chi connectivity index (χ0) is 19.0. The summed E-state index contributed by atoms with van der Waals surface area (Å²) in [4.78, 5) is 16.6. The molecular weight excluding hydrogens is 364 g/mol. The average molecular weight is 382 g/mol. The lowest BCUT2D eigenvalue weighted by molar-refractivity contribution is -0.258. The number of aliphatic imine (C=N–C) groups is 1. The van der Waals surface area contributed by atoms with Crippen LogP contribution in [0.3, 0.4) is 0 Å². The number of carbonyl (C=O) groups is 1. The van der Waals surface area contributed by atoms with Crippen molar-refractivity contribution in [3.05, 3.63) is 29.8 Å². The first-order chi connectivity index (χ1) is 12.3. The minimum atomic E-state index is -1.62. The van der Waals surface area contributed by atoms with Crippen molar-refractivity contribution in [2.24, 2.45) is 10.7 Å². The second kappa shape index (κ2) is 7.23. The number of aliphatic hydroxyl groups excluding tert-OH is 4. The maximum absolute atomic E-state index is 12.4. The molecule has 26 heavy (non-hydrogen) atoms. The molecule has 0 radical (unpaired) electrons. The number of amidine groups is 1. The molecule has 0 spiro atoms. The van der Waals surface area contributed by atoms with Crippen LogP contribution in [-0.4, -0.2) is 79.4 Å². The molecule has 1 aromatic rings. The fourth-order valence-corrected chi connectivity index (χ4v) is 2.94. The molecule has 7 N–H and O–H groups in total. The van der Waals surface area contributed by atoms with E-state index in [1.165, 1.54) is 0 Å². The van der Waals surface area contributed by atoms with Crippen LogP contribution in [0.2, 0.25) is 0 Å². The molecule has 140 valence electrons. The highest BCUT2D eigenvalue weighted by Gasteiger charge is 2.47. The Morgan fingerprint density at radius 3 is 2.58 bits per heavy atom. The molecule has 0 aromatic heterocycles. The quantitative estimate of drug-likeness (QED) is 0.244. The van der Waals surface area contributed by atoms with Gasteiger partial charge in [-0.3, -0.25) is 10.2 Å². The van der Waals surface area contributed by atoms with Crippen LogP contribution < -0.4 is 11.2 Å². The van der Waals surface area contributed by atoms with Crippen LogP contribution in [0.25, 0.3) is 0 Å². The van der Waals surface area contributed by atoms with Gasteiger partial charge in [0, 0.05) is 0 Å². The van der Waals surface area contributed by atoms with Crippen molar-refractivity contribution in [1.29, 1.82) is 0 Å². The van der Waals surface area contributed by atoms with Gasteiger partial charge < -0.3 is 30.9 Å². The first-order valence-electron chi connectivity index (χ1n) is 7.73. The van der Waals surface area contributed by atoms with Crippen LogP contribution in [-0.2, 0) is 4.74 Å². The molecule has 0 aliphatic carbocycles. The molecule has 5 atom stereocenters. The van der Waals surface area contributed by atoms with Crippen LogP contribution in [0.4, 0.5) is 5.69 Å². The number of rotatable bonds is 2. The SMILES string of the molecule is NC(=S)N(NC1=Nc2ccccc2C1=O)C1O[C@H](CO)[C@H](O)[C@H](O)[C@H]1O. The summed E-state index contributed by atoms with van der Waals surface area (Å²) in [6, 6.07) is 6.68. The van der Waals surface area contributed by atoms with Crippen LogP contribution in [0.5, 0.6) is 0 Å². The minimum Gasteiger partial charge on any atom is -0.394 e. The zero-order valence-electron chi connectivity index (χ0n) is 13.4. The summed E-state index contributed by atoms with van der Waals surface area (Å²) in [6.07, 6.45) is -7.31. The maximum Gasteiger partial charge on any atom is 0.231 e. The average Bonchev–Trinajstić information content (AvgIpc) is 2.94. The molecule has 11 heteroatoms. The van der Waals surface area contributed by atoms with Gasteiger partial charge in [-0.15, -0.1) is 0 Å². The lowest BCUT2D eigenvalue weighted by Crippen LogP contribution is -2.68. The van der Waals surface area contributed by atoms with Gasteiger partial charge in [0.25, 0.3) is 0 Å². The highest BCUT2D eigenvalue weighted by molar-refractivity contribution is 7.80. The Hall–Kier alpha value is -2.15. The maximum atomic E-state index is 12.4. The number of carbonyl (C=O) groups excluding carboxylic acids is 1. The topological polar surface area (TPSA) is 161 Å². The summed E-state index contributed by atoms with van der Waals surface area (Å²) in [5, 5.41) is 39.9. The van der Waals surface area contributed by atoms with Gasteiger partial charge in [-0.05, 0) is 24.4 Å². The van der Waals surface area contributed by atoms with E-state index < -0.39 is 43.0 Å². The van der Waals surface area contributed by atoms with E-state index in [0.717, 1.165) is 5.01 Å². The van der Waals surface area contributed by atoms with E-state index in [0.29, 0.717) is 11.3 Å². The Bertz CT molecular complexity index is 757. The molecule has 1 aromatic carbocycles. The number of Topliss-reactive ketones (excluding diaryl/α,β-unsaturated/α-hetero) is 1. The molecule has 2 aliphatic rings. The van der Waals surface area contributed by atoms with Crippen LogP contribution in [0, 0.1) is 0 Å². The van der Waals surface area contributed by atoms with E-state index in [1.807, 2.05) is 0 Å². The number of hydrogen-bond donors (Lipinski definition) is 6. The van der Waals surface area contributed by atoms with Crippen molar-refractivity contribution >= 4 is 34.6 Å². The number of hydrogen-bond acceptors (Lipinski definition) is 9. The highest BCUT2D eigenvalue weighted by atomic mass is 32.1. The lowest BCUT2D eigenvalue weighted by Gasteiger charge is -2.44. The van der Waals surface area contributed by atoms with Gasteiger partial charge in [-0.2, -0.15) is 0 Å². The summed E-state index contributed by atoms with van der Waals surface area (Å²) in [5.41, 5.74) is 9.09. The number of nitrogens with one attached hydrogen (secondary N) is 1. The Morgan fingerprint density at radius 2 is 1.96 bits per heavy atom. The Morgan fingerprint density at radius 1 is 1.27 bits per heavy atom. The third-order valence-electron chi connectivity index (χ3n) is 4.18. The molecule has 3 rings (SSSR count). The van der Waals surface area contributed by atoms with E-state index in [4.69, 9.17) is 22.7 Å². The van der Waals surface area contributed by atoms with Crippen molar-refractivity contribution in [2.75, 3.05) is 6.61 Å². The smallest absolute Gasteiger partial charge is 0.231 e. The summed E-state index contributed by atoms with van der Waals surface area (Å²) in [5.74, 6) is -0.512. The second-order valence-corrected chi connectivity index (χ2v) is 6.26. The van der Waals surface area contributed by atoms with E-state index in [2.05, 4.69) is 10.4 Å². The third-order valence-corrected chi connectivity index (χ3v) is 4.38. The second-order valence-electron chi connectivity index (χ2n) is 5.85. The van der Waals surface area contributed by atoms with E-state index in [1.54, 1.807) is 24.3 Å². The highest BCUT2D eigenvalue weighted by Crippen LogP contribution is 2.27. The summed E-state index contributed by atoms with van der Waals surface area (Å²) >= 11 is 4.93. The number of ketones is 1. The number of aliphatic hydroxyl groups is 4. The van der Waals surface area contributed by atoms with Gasteiger partial charge in [0.2, 0.25) is 5.78 Å². The fraction of sp³-hybridized carbons (Fsp3) is 0.400. The number of nitrogens with zero attached hydrogens (tertiary/aromatic N) is 2. The monoisotopic (exact) mass is 382 g/mol. The van der Waals surface area contributed by atoms with Crippen molar-refractivity contribution in [3.8, 4) is 0 Å². The van der Waals surface area contributed by atoms with Crippen molar-refractivity contribution in [1.82, 2.24) is 10.4 Å². The summed E-state index contributed by atoms with van der Waals surface area (Å²) in [7, 11) is 0. The standard InChI is InChI=1S/C15H18N4O6S/c16-15(26)19(14-12(24)11(23)10(22)8(5-20)25-14)18-13-9(21)6-3-1-2-4-7(6)17-13/h1-4,8,10-12,14,20,22-24H,5H2,(H2,16,26)(H,17,18,21)/t8-,10+,11+,12-,14?/m1/s1. The van der Waals surface area contributed by atoms with Crippen molar-refractivity contribution in [3.63, 3.8) is 0 Å². The first kappa shape index (κ1) is 18.6. The zero-order valence-corrected chi connectivity index (χ0v) is 14.2. The van der Waals surface area contributed by atoms with Gasteiger partial charge >= 0.3 is 0 Å². The minimum absolute atomic E-state index is 0.101. The molecule has 1 saturated heterocycles. The molecular formula is C15H18N4O6S. The molecule has 2 heterocycles. The molecule has 10 nitrogen and oxygen atoms in total. The Balaban J connectivity index is 1.84. The van der Waals surface area contributed by atoms with E-state index in [9.17, 15) is 25.2 Å². The van der Waals surface area contributed by atoms with Crippen molar-refractivity contribution < 1.29 is 30.0 Å². The van der Waals surface area contributed by atoms with Gasteiger partial charge in [0.15, 0.2) is 17.2 Å². The fourth-order valence-electron chi connectivity index (χ4n) is 2.79. The number of hydrazine groups is 1. The van der Waals surface area contributed by atoms with Gasteiger partial charge in [-0.1, -0.05) is 12.1 Å². The number of para-hydroxylation sites is 1. The predicted molar refractivity (Wildman–Crippen MR) is 93.4 cm³/mol. The Labute approximate surface area is 153 Å². The third kappa shape index (κ3) is 3.16. The van der Waals surface area contributed by atoms with Gasteiger partial charge in [0.1, 0.15) is 24.4 Å². The Kier molecular flexibility index (Phi) is 5.18. The predicted octanol–water partition coefficient (Wildman–Crippen LogP) is -2.24. The van der Waals surface area contributed by atoms with Gasteiger partial charge in [0.05, 0.1) is 17.9 Å². The molecule has 0 saturated carbocycles. The number of ether oxygens (including phenoxy) is 1. The molecule has 1 unspecified atom stereocenters. The van der Waals surface area contributed by atoms with E-state index in [-0.39, 0.29) is 10.9 Å². The number of benzene rings is 1. The van der Waals surface area contributed by atoms with Crippen LogP contribution >= 0.6 is 12.2 Å². The molecule has 0 amide bonds.